The third-order valence-electron chi connectivity index (χ3n) is 4.75. The minimum atomic E-state index is -0.399. The third kappa shape index (κ3) is 5.16. The van der Waals surface area contributed by atoms with E-state index in [1.54, 1.807) is 0 Å². The number of nitrogens with one attached hydrogen (secondary N) is 1. The average Bonchev–Trinajstić information content (AvgIpc) is 2.52. The Morgan fingerprint density at radius 1 is 1.29 bits per heavy atom. The van der Waals surface area contributed by atoms with Crippen LogP contribution in [0.1, 0.15) is 44.6 Å². The lowest BCUT2D eigenvalue weighted by Gasteiger charge is -2.29. The Labute approximate surface area is 128 Å². The molecule has 0 bridgehead atoms. The first kappa shape index (κ1) is 16.0. The van der Waals surface area contributed by atoms with Crippen molar-refractivity contribution in [2.24, 2.45) is 17.6 Å². The number of carbonyl (C=O) groups is 1. The highest BCUT2D eigenvalue weighted by Gasteiger charge is 2.22. The highest BCUT2D eigenvalue weighted by atomic mass is 16.2. The van der Waals surface area contributed by atoms with Crippen molar-refractivity contribution in [3.05, 3.63) is 35.9 Å². The van der Waals surface area contributed by atoms with Gasteiger partial charge in [0.05, 0.1) is 6.04 Å². The van der Waals surface area contributed by atoms with Crippen molar-refractivity contribution in [2.45, 2.75) is 51.5 Å². The molecule has 1 saturated carbocycles. The van der Waals surface area contributed by atoms with Crippen LogP contribution in [0.2, 0.25) is 0 Å². The lowest BCUT2D eigenvalue weighted by molar-refractivity contribution is -0.122. The van der Waals surface area contributed by atoms with Gasteiger partial charge in [0.2, 0.25) is 5.91 Å². The van der Waals surface area contributed by atoms with Gasteiger partial charge in [0.1, 0.15) is 0 Å². The Bertz CT molecular complexity index is 432. The van der Waals surface area contributed by atoms with E-state index >= 15 is 0 Å². The molecule has 1 aliphatic rings. The van der Waals surface area contributed by atoms with Gasteiger partial charge in [0.25, 0.3) is 0 Å². The normalized spacial score (nSPS) is 23.5. The summed E-state index contributed by atoms with van der Waals surface area (Å²) in [5, 5.41) is 3.05. The van der Waals surface area contributed by atoms with Gasteiger partial charge >= 0.3 is 0 Å². The van der Waals surface area contributed by atoms with Gasteiger partial charge in [-0.15, -0.1) is 0 Å². The van der Waals surface area contributed by atoms with E-state index in [2.05, 4.69) is 24.4 Å². The molecule has 0 heterocycles. The van der Waals surface area contributed by atoms with E-state index in [1.807, 2.05) is 18.2 Å². The Morgan fingerprint density at radius 3 is 2.71 bits per heavy atom. The molecule has 0 spiro atoms. The minimum Gasteiger partial charge on any atom is -0.354 e. The Hall–Kier alpha value is -1.35. The fourth-order valence-corrected chi connectivity index (χ4v) is 3.16. The number of aryl methyl sites for hydroxylation is 1. The van der Waals surface area contributed by atoms with Gasteiger partial charge in [-0.3, -0.25) is 4.79 Å². The van der Waals surface area contributed by atoms with E-state index in [0.29, 0.717) is 12.3 Å². The molecule has 0 aromatic heterocycles. The van der Waals surface area contributed by atoms with Crippen LogP contribution in [0.25, 0.3) is 0 Å². The second-order valence-corrected chi connectivity index (χ2v) is 6.40. The van der Waals surface area contributed by atoms with Crippen LogP contribution < -0.4 is 11.1 Å². The van der Waals surface area contributed by atoms with E-state index in [4.69, 9.17) is 5.73 Å². The molecule has 0 aliphatic heterocycles. The molecule has 2 rings (SSSR count). The molecule has 1 aromatic rings. The maximum absolute atomic E-state index is 12.1. The molecule has 1 aromatic carbocycles. The molecule has 3 nitrogen and oxygen atoms in total. The molecule has 116 valence electrons. The summed E-state index contributed by atoms with van der Waals surface area (Å²) in [5.74, 6) is 1.35. The van der Waals surface area contributed by atoms with Crippen molar-refractivity contribution < 1.29 is 4.79 Å². The lowest BCUT2D eigenvalue weighted by Crippen LogP contribution is -2.43. The summed E-state index contributed by atoms with van der Waals surface area (Å²) in [4.78, 5) is 12.1. The van der Waals surface area contributed by atoms with Gasteiger partial charge in [-0.1, -0.05) is 56.5 Å². The molecule has 3 atom stereocenters. The van der Waals surface area contributed by atoms with Crippen LogP contribution in [0.3, 0.4) is 0 Å². The van der Waals surface area contributed by atoms with Crippen LogP contribution >= 0.6 is 0 Å². The minimum absolute atomic E-state index is 0.00343. The highest BCUT2D eigenvalue weighted by molar-refractivity contribution is 5.81. The fraction of sp³-hybridized carbons (Fsp3) is 0.611. The number of nitrogens with two attached hydrogens (primary N) is 1. The van der Waals surface area contributed by atoms with Gasteiger partial charge in [-0.25, -0.2) is 0 Å². The molecule has 3 unspecified atom stereocenters. The van der Waals surface area contributed by atoms with Crippen LogP contribution in [-0.2, 0) is 11.2 Å². The lowest BCUT2D eigenvalue weighted by atomic mass is 9.80. The predicted molar refractivity (Wildman–Crippen MR) is 86.9 cm³/mol. The smallest absolute Gasteiger partial charge is 0.236 e. The summed E-state index contributed by atoms with van der Waals surface area (Å²) >= 11 is 0. The van der Waals surface area contributed by atoms with Gasteiger partial charge in [0.15, 0.2) is 0 Å². The van der Waals surface area contributed by atoms with E-state index < -0.39 is 6.04 Å². The maximum Gasteiger partial charge on any atom is 0.236 e. The summed E-state index contributed by atoms with van der Waals surface area (Å²) in [6.45, 7) is 3.09. The summed E-state index contributed by atoms with van der Waals surface area (Å²) in [6.07, 6.45) is 6.72. The van der Waals surface area contributed by atoms with E-state index in [9.17, 15) is 4.79 Å². The molecule has 1 amide bonds. The van der Waals surface area contributed by atoms with Crippen molar-refractivity contribution in [1.29, 1.82) is 0 Å². The third-order valence-corrected chi connectivity index (χ3v) is 4.75. The number of hydrogen-bond donors (Lipinski definition) is 2. The summed E-state index contributed by atoms with van der Waals surface area (Å²) in [5.41, 5.74) is 7.24. The average molecular weight is 288 g/mol. The molecule has 3 N–H and O–H groups in total. The summed E-state index contributed by atoms with van der Waals surface area (Å²) < 4.78 is 0. The SMILES string of the molecule is CC1CCCCC1CNC(=O)C(N)CCc1ccccc1. The first-order valence-corrected chi connectivity index (χ1v) is 8.24. The van der Waals surface area contributed by atoms with Gasteiger partial charge in [-0.2, -0.15) is 0 Å². The molecule has 1 fully saturated rings. The van der Waals surface area contributed by atoms with Gasteiger partial charge < -0.3 is 11.1 Å². The second kappa shape index (κ2) is 8.18. The first-order valence-electron chi connectivity index (χ1n) is 8.24. The van der Waals surface area contributed by atoms with Crippen molar-refractivity contribution in [3.63, 3.8) is 0 Å². The monoisotopic (exact) mass is 288 g/mol. The number of carbonyl (C=O) groups excluding carboxylic acids is 1. The Morgan fingerprint density at radius 2 is 2.00 bits per heavy atom. The summed E-state index contributed by atoms with van der Waals surface area (Å²) in [7, 11) is 0. The van der Waals surface area contributed by atoms with Crippen molar-refractivity contribution in [2.75, 3.05) is 6.54 Å². The topological polar surface area (TPSA) is 55.1 Å². The quantitative estimate of drug-likeness (QED) is 0.845. The largest absolute Gasteiger partial charge is 0.354 e. The molecule has 3 heteroatoms. The highest BCUT2D eigenvalue weighted by Crippen LogP contribution is 2.28. The number of benzene rings is 1. The Balaban J connectivity index is 1.70. The van der Waals surface area contributed by atoms with E-state index in [0.717, 1.165) is 18.9 Å². The van der Waals surface area contributed by atoms with Crippen molar-refractivity contribution in [1.82, 2.24) is 5.32 Å². The standard InChI is InChI=1S/C18H28N2O/c1-14-7-5-6-10-16(14)13-20-18(21)17(19)12-11-15-8-3-2-4-9-15/h2-4,8-9,14,16-17H,5-7,10-13,19H2,1H3,(H,20,21). The molecule has 0 saturated heterocycles. The first-order chi connectivity index (χ1) is 10.2. The zero-order valence-electron chi connectivity index (χ0n) is 13.1. The van der Waals surface area contributed by atoms with E-state index in [-0.39, 0.29) is 5.91 Å². The van der Waals surface area contributed by atoms with Crippen LogP contribution in [0.5, 0.6) is 0 Å². The van der Waals surface area contributed by atoms with Crippen LogP contribution in [0, 0.1) is 11.8 Å². The number of rotatable bonds is 6. The zero-order valence-corrected chi connectivity index (χ0v) is 13.1. The molecule has 1 aliphatic carbocycles. The fourth-order valence-electron chi connectivity index (χ4n) is 3.16. The maximum atomic E-state index is 12.1. The Kier molecular flexibility index (Phi) is 6.24. The van der Waals surface area contributed by atoms with Crippen LogP contribution in [0.15, 0.2) is 30.3 Å². The van der Waals surface area contributed by atoms with Crippen molar-refractivity contribution >= 4 is 5.91 Å². The summed E-state index contributed by atoms with van der Waals surface area (Å²) in [6, 6.07) is 9.80. The van der Waals surface area contributed by atoms with Crippen molar-refractivity contribution in [3.8, 4) is 0 Å². The second-order valence-electron chi connectivity index (χ2n) is 6.40. The van der Waals surface area contributed by atoms with Crippen LogP contribution in [-0.4, -0.2) is 18.5 Å². The molecule has 21 heavy (non-hydrogen) atoms. The molecule has 0 radical (unpaired) electrons. The molecular weight excluding hydrogens is 260 g/mol. The molecular formula is C18H28N2O. The zero-order chi connectivity index (χ0) is 15.1. The van der Waals surface area contributed by atoms with Gasteiger partial charge in [-0.05, 0) is 36.7 Å². The van der Waals surface area contributed by atoms with Gasteiger partial charge in [0, 0.05) is 6.54 Å². The number of amides is 1. The van der Waals surface area contributed by atoms with E-state index in [1.165, 1.54) is 31.2 Å². The number of hydrogen-bond acceptors (Lipinski definition) is 2. The predicted octanol–water partition coefficient (Wildman–Crippen LogP) is 2.89. The van der Waals surface area contributed by atoms with Crippen LogP contribution in [0.4, 0.5) is 0 Å².